The van der Waals surface area contributed by atoms with Crippen molar-refractivity contribution < 1.29 is 19.5 Å². The molecular weight excluding hydrogens is 282 g/mol. The molecule has 1 amide bonds. The predicted molar refractivity (Wildman–Crippen MR) is 83.8 cm³/mol. The molecule has 0 aliphatic carbocycles. The molecule has 1 atom stereocenters. The molecule has 5 nitrogen and oxygen atoms in total. The summed E-state index contributed by atoms with van der Waals surface area (Å²) in [6.45, 7) is 4.12. The summed E-state index contributed by atoms with van der Waals surface area (Å²) in [7, 11) is 0. The fourth-order valence-electron chi connectivity index (χ4n) is 2.04. The monoisotopic (exact) mass is 305 g/mol. The van der Waals surface area contributed by atoms with Crippen molar-refractivity contribution in [1.29, 1.82) is 0 Å². The first-order chi connectivity index (χ1) is 10.4. The van der Waals surface area contributed by atoms with E-state index < -0.39 is 5.97 Å². The van der Waals surface area contributed by atoms with Gasteiger partial charge in [-0.05, 0) is 17.9 Å². The fraction of sp³-hybridized carbons (Fsp3) is 0.471. The van der Waals surface area contributed by atoms with E-state index in [1.807, 2.05) is 19.1 Å². The van der Waals surface area contributed by atoms with Gasteiger partial charge in [-0.15, -0.1) is 0 Å². The first kappa shape index (κ1) is 17.9. The van der Waals surface area contributed by atoms with Crippen LogP contribution in [0.15, 0.2) is 24.3 Å². The van der Waals surface area contributed by atoms with Crippen LogP contribution < -0.4 is 5.32 Å². The van der Waals surface area contributed by atoms with Crippen molar-refractivity contribution in [3.05, 3.63) is 35.4 Å². The number of carbonyl (C=O) groups excluding carboxylic acids is 2. The van der Waals surface area contributed by atoms with Crippen molar-refractivity contribution >= 4 is 17.7 Å². The Morgan fingerprint density at radius 3 is 2.32 bits per heavy atom. The van der Waals surface area contributed by atoms with Crippen molar-refractivity contribution in [1.82, 2.24) is 5.32 Å². The van der Waals surface area contributed by atoms with E-state index in [9.17, 15) is 14.4 Å². The highest BCUT2D eigenvalue weighted by atomic mass is 16.4. The molecule has 0 saturated carbocycles. The number of carboxylic acid groups (broad SMARTS) is 1. The van der Waals surface area contributed by atoms with Crippen LogP contribution in [0.5, 0.6) is 0 Å². The Morgan fingerprint density at radius 1 is 1.14 bits per heavy atom. The fourth-order valence-corrected chi connectivity index (χ4v) is 2.04. The summed E-state index contributed by atoms with van der Waals surface area (Å²) in [5, 5.41) is 11.3. The van der Waals surface area contributed by atoms with E-state index in [2.05, 4.69) is 5.32 Å². The van der Waals surface area contributed by atoms with Gasteiger partial charge in [-0.2, -0.15) is 0 Å². The molecule has 0 aromatic heterocycles. The van der Waals surface area contributed by atoms with E-state index in [1.54, 1.807) is 19.1 Å². The van der Waals surface area contributed by atoms with Crippen LogP contribution in [-0.4, -0.2) is 29.3 Å². The SMILES string of the molecule is CCc1ccc(C(=O)CCC(=O)NCC(C)CC(=O)O)cc1. The van der Waals surface area contributed by atoms with Crippen molar-refractivity contribution in [2.45, 2.75) is 39.5 Å². The number of carboxylic acids is 1. The molecule has 0 aliphatic heterocycles. The van der Waals surface area contributed by atoms with Crippen molar-refractivity contribution in [3.63, 3.8) is 0 Å². The van der Waals surface area contributed by atoms with Crippen LogP contribution >= 0.6 is 0 Å². The predicted octanol–water partition coefficient (Wildman–Crippen LogP) is 2.44. The number of rotatable bonds is 9. The molecule has 0 spiro atoms. The lowest BCUT2D eigenvalue weighted by molar-refractivity contribution is -0.138. The van der Waals surface area contributed by atoms with Crippen molar-refractivity contribution in [2.24, 2.45) is 5.92 Å². The minimum atomic E-state index is -0.882. The third-order valence-electron chi connectivity index (χ3n) is 3.43. The average Bonchev–Trinajstić information content (AvgIpc) is 2.50. The van der Waals surface area contributed by atoms with Crippen LogP contribution in [-0.2, 0) is 16.0 Å². The zero-order chi connectivity index (χ0) is 16.5. The minimum Gasteiger partial charge on any atom is -0.481 e. The van der Waals surface area contributed by atoms with Crippen LogP contribution in [0.25, 0.3) is 0 Å². The number of Topliss-reactive ketones (excluding diaryl/α,β-unsaturated/α-hetero) is 1. The van der Waals surface area contributed by atoms with E-state index in [-0.39, 0.29) is 36.9 Å². The average molecular weight is 305 g/mol. The maximum atomic E-state index is 12.0. The summed E-state index contributed by atoms with van der Waals surface area (Å²) in [5.41, 5.74) is 1.78. The topological polar surface area (TPSA) is 83.5 Å². The van der Waals surface area contributed by atoms with E-state index >= 15 is 0 Å². The van der Waals surface area contributed by atoms with Gasteiger partial charge in [0.2, 0.25) is 5.91 Å². The van der Waals surface area contributed by atoms with Gasteiger partial charge in [-0.1, -0.05) is 38.1 Å². The van der Waals surface area contributed by atoms with Crippen LogP contribution in [0.4, 0.5) is 0 Å². The van der Waals surface area contributed by atoms with Crippen LogP contribution in [0.3, 0.4) is 0 Å². The van der Waals surface area contributed by atoms with Gasteiger partial charge in [0.25, 0.3) is 0 Å². The standard InChI is InChI=1S/C17H23NO4/c1-3-13-4-6-14(7-5-13)15(19)8-9-16(20)18-11-12(2)10-17(21)22/h4-7,12H,3,8-11H2,1-2H3,(H,18,20)(H,21,22). The molecule has 1 aromatic carbocycles. The molecule has 0 aliphatic rings. The maximum Gasteiger partial charge on any atom is 0.303 e. The number of aryl methyl sites for hydroxylation is 1. The number of hydrogen-bond donors (Lipinski definition) is 2. The number of amides is 1. The quantitative estimate of drug-likeness (QED) is 0.686. The summed E-state index contributed by atoms with van der Waals surface area (Å²) in [6.07, 6.45) is 1.22. The van der Waals surface area contributed by atoms with Gasteiger partial charge in [-0.3, -0.25) is 14.4 Å². The second-order valence-corrected chi connectivity index (χ2v) is 5.48. The molecule has 1 aromatic rings. The lowest BCUT2D eigenvalue weighted by atomic mass is 10.0. The Balaban J connectivity index is 2.33. The summed E-state index contributed by atoms with van der Waals surface area (Å²) in [6, 6.07) is 7.41. The second-order valence-electron chi connectivity index (χ2n) is 5.48. The number of hydrogen-bond acceptors (Lipinski definition) is 3. The first-order valence-corrected chi connectivity index (χ1v) is 7.53. The molecule has 0 fully saturated rings. The van der Waals surface area contributed by atoms with Crippen LogP contribution in [0.1, 0.15) is 49.0 Å². The molecule has 120 valence electrons. The molecule has 1 rings (SSSR count). The second kappa shape index (κ2) is 8.97. The Labute approximate surface area is 130 Å². The van der Waals surface area contributed by atoms with Gasteiger partial charge in [-0.25, -0.2) is 0 Å². The normalized spacial score (nSPS) is 11.7. The smallest absolute Gasteiger partial charge is 0.303 e. The maximum absolute atomic E-state index is 12.0. The van der Waals surface area contributed by atoms with Gasteiger partial charge < -0.3 is 10.4 Å². The summed E-state index contributed by atoms with van der Waals surface area (Å²) >= 11 is 0. The minimum absolute atomic E-state index is 0.0169. The molecule has 1 unspecified atom stereocenters. The molecule has 5 heteroatoms. The summed E-state index contributed by atoms with van der Waals surface area (Å²) < 4.78 is 0. The molecule has 0 heterocycles. The van der Waals surface area contributed by atoms with E-state index in [0.717, 1.165) is 6.42 Å². The number of ketones is 1. The van der Waals surface area contributed by atoms with Crippen LogP contribution in [0.2, 0.25) is 0 Å². The lowest BCUT2D eigenvalue weighted by Gasteiger charge is -2.10. The van der Waals surface area contributed by atoms with Gasteiger partial charge in [0.05, 0.1) is 0 Å². The van der Waals surface area contributed by atoms with Crippen molar-refractivity contribution in [2.75, 3.05) is 6.54 Å². The van der Waals surface area contributed by atoms with Gasteiger partial charge in [0.1, 0.15) is 0 Å². The molecule has 0 radical (unpaired) electrons. The first-order valence-electron chi connectivity index (χ1n) is 7.53. The Bertz CT molecular complexity index is 522. The van der Waals surface area contributed by atoms with E-state index in [1.165, 1.54) is 5.56 Å². The molecule has 0 saturated heterocycles. The zero-order valence-electron chi connectivity index (χ0n) is 13.1. The molecule has 2 N–H and O–H groups in total. The number of benzene rings is 1. The number of carbonyl (C=O) groups is 3. The molecule has 22 heavy (non-hydrogen) atoms. The van der Waals surface area contributed by atoms with Gasteiger partial charge in [0.15, 0.2) is 5.78 Å². The zero-order valence-corrected chi connectivity index (χ0v) is 13.1. The number of nitrogens with one attached hydrogen (secondary N) is 1. The highest BCUT2D eigenvalue weighted by Gasteiger charge is 2.12. The van der Waals surface area contributed by atoms with Gasteiger partial charge in [0, 0.05) is 31.4 Å². The Hall–Kier alpha value is -2.17. The lowest BCUT2D eigenvalue weighted by Crippen LogP contribution is -2.29. The third kappa shape index (κ3) is 6.52. The van der Waals surface area contributed by atoms with E-state index in [4.69, 9.17) is 5.11 Å². The Kier molecular flexibility index (Phi) is 7.29. The summed E-state index contributed by atoms with van der Waals surface area (Å²) in [4.78, 5) is 34.1. The third-order valence-corrected chi connectivity index (χ3v) is 3.43. The Morgan fingerprint density at radius 2 is 1.77 bits per heavy atom. The summed E-state index contributed by atoms with van der Waals surface area (Å²) in [5.74, 6) is -1.29. The highest BCUT2D eigenvalue weighted by molar-refractivity contribution is 5.97. The molecular formula is C17H23NO4. The van der Waals surface area contributed by atoms with Gasteiger partial charge >= 0.3 is 5.97 Å². The van der Waals surface area contributed by atoms with Crippen molar-refractivity contribution in [3.8, 4) is 0 Å². The highest BCUT2D eigenvalue weighted by Crippen LogP contribution is 2.09. The largest absolute Gasteiger partial charge is 0.481 e. The van der Waals surface area contributed by atoms with Crippen LogP contribution in [0, 0.1) is 5.92 Å². The number of aliphatic carboxylic acids is 1. The molecule has 0 bridgehead atoms. The van der Waals surface area contributed by atoms with E-state index in [0.29, 0.717) is 12.1 Å².